The number of nitrogens with zero attached hydrogens (tertiary/aromatic N) is 4. The van der Waals surface area contributed by atoms with Gasteiger partial charge in [0.1, 0.15) is 0 Å². The van der Waals surface area contributed by atoms with Crippen LogP contribution in [0.15, 0.2) is 16.9 Å². The number of anilines is 1. The third-order valence-corrected chi connectivity index (χ3v) is 2.29. The fourth-order valence-corrected chi connectivity index (χ4v) is 1.33. The number of rotatable bonds is 6. The fraction of sp³-hybridized carbons (Fsp3) is 0.417. The number of methoxy groups -OCH3 is 1. The number of aromatic amines is 1. The van der Waals surface area contributed by atoms with Crippen LogP contribution in [0.1, 0.15) is 13.8 Å². The maximum Gasteiger partial charge on any atom is 0.331 e. The van der Waals surface area contributed by atoms with Crippen LogP contribution in [-0.4, -0.2) is 38.8 Å². The molecule has 2 heterocycles. The van der Waals surface area contributed by atoms with Crippen LogP contribution in [0, 0.1) is 5.92 Å². The molecule has 2 aromatic heterocycles. The van der Waals surface area contributed by atoms with E-state index in [9.17, 15) is 4.79 Å². The Labute approximate surface area is 120 Å². The number of hydrogen-bond donors (Lipinski definition) is 2. The molecule has 0 aromatic carbocycles. The Balaban J connectivity index is 2.19. The summed E-state index contributed by atoms with van der Waals surface area (Å²) in [6.45, 7) is 4.82. The molecule has 2 aromatic rings. The first-order valence-electron chi connectivity index (χ1n) is 6.34. The second-order valence-electron chi connectivity index (χ2n) is 4.56. The number of hydrogen-bond acceptors (Lipinski definition) is 8. The van der Waals surface area contributed by atoms with Gasteiger partial charge < -0.3 is 14.8 Å². The van der Waals surface area contributed by atoms with Crippen molar-refractivity contribution in [3.63, 3.8) is 0 Å². The van der Waals surface area contributed by atoms with Crippen molar-refractivity contribution >= 4 is 5.95 Å². The van der Waals surface area contributed by atoms with Crippen LogP contribution < -0.4 is 20.3 Å². The van der Waals surface area contributed by atoms with Crippen molar-refractivity contribution in [2.45, 2.75) is 13.8 Å². The summed E-state index contributed by atoms with van der Waals surface area (Å²) in [5, 5.41) is 9.02. The third-order valence-electron chi connectivity index (χ3n) is 2.29. The summed E-state index contributed by atoms with van der Waals surface area (Å²) in [7, 11) is 1.45. The van der Waals surface area contributed by atoms with Gasteiger partial charge in [0.2, 0.25) is 11.8 Å². The molecule has 0 bridgehead atoms. The van der Waals surface area contributed by atoms with Crippen molar-refractivity contribution < 1.29 is 9.47 Å². The molecule has 2 N–H and O–H groups in total. The average molecular weight is 292 g/mol. The highest BCUT2D eigenvalue weighted by atomic mass is 16.5. The highest BCUT2D eigenvalue weighted by Gasteiger charge is 2.10. The second kappa shape index (κ2) is 6.64. The molecular formula is C12H16N6O3. The molecule has 0 radical (unpaired) electrons. The van der Waals surface area contributed by atoms with Gasteiger partial charge in [-0.25, -0.2) is 5.10 Å². The molecule has 0 atom stereocenters. The lowest BCUT2D eigenvalue weighted by Crippen LogP contribution is -2.12. The number of ether oxygens (including phenoxy) is 2. The third kappa shape index (κ3) is 4.41. The smallest absolute Gasteiger partial charge is 0.331 e. The maximum atomic E-state index is 10.9. The Bertz CT molecular complexity index is 637. The molecule has 21 heavy (non-hydrogen) atoms. The average Bonchev–Trinajstić information content (AvgIpc) is 2.47. The highest BCUT2D eigenvalue weighted by Crippen LogP contribution is 2.17. The predicted molar refractivity (Wildman–Crippen MR) is 74.6 cm³/mol. The minimum atomic E-state index is -0.324. The lowest BCUT2D eigenvalue weighted by molar-refractivity contribution is 0.355. The SMILES string of the molecule is COc1nc(NCC(C)C)nc(Oc2ccc(=O)[nH]n2)n1. The van der Waals surface area contributed by atoms with E-state index >= 15 is 0 Å². The van der Waals surface area contributed by atoms with Crippen molar-refractivity contribution in [2.75, 3.05) is 19.0 Å². The molecule has 0 amide bonds. The summed E-state index contributed by atoms with van der Waals surface area (Å²) in [4.78, 5) is 23.1. The maximum absolute atomic E-state index is 10.9. The van der Waals surface area contributed by atoms with E-state index in [1.807, 2.05) is 0 Å². The first-order valence-corrected chi connectivity index (χ1v) is 6.34. The van der Waals surface area contributed by atoms with E-state index in [-0.39, 0.29) is 23.5 Å². The molecule has 9 heteroatoms. The normalized spacial score (nSPS) is 10.5. The molecule has 0 saturated heterocycles. The van der Waals surface area contributed by atoms with Gasteiger partial charge in [0.05, 0.1) is 7.11 Å². The summed E-state index contributed by atoms with van der Waals surface area (Å²) in [6, 6.07) is 2.85. The zero-order valence-electron chi connectivity index (χ0n) is 12.0. The minimum Gasteiger partial charge on any atom is -0.467 e. The van der Waals surface area contributed by atoms with Gasteiger partial charge in [-0.15, -0.1) is 10.1 Å². The van der Waals surface area contributed by atoms with Crippen LogP contribution in [0.5, 0.6) is 17.9 Å². The van der Waals surface area contributed by atoms with Gasteiger partial charge in [0.25, 0.3) is 5.56 Å². The van der Waals surface area contributed by atoms with Crippen LogP contribution in [0.3, 0.4) is 0 Å². The molecule has 0 unspecified atom stereocenters. The Morgan fingerprint density at radius 3 is 2.62 bits per heavy atom. The van der Waals surface area contributed by atoms with Crippen LogP contribution in [-0.2, 0) is 0 Å². The van der Waals surface area contributed by atoms with Crippen LogP contribution in [0.4, 0.5) is 5.95 Å². The Morgan fingerprint density at radius 2 is 2.00 bits per heavy atom. The molecule has 112 valence electrons. The fourth-order valence-electron chi connectivity index (χ4n) is 1.33. The Hall–Kier alpha value is -2.71. The van der Waals surface area contributed by atoms with E-state index in [1.54, 1.807) is 0 Å². The van der Waals surface area contributed by atoms with Crippen LogP contribution >= 0.6 is 0 Å². The van der Waals surface area contributed by atoms with E-state index in [0.29, 0.717) is 18.4 Å². The predicted octanol–water partition coefficient (Wildman–Crippen LogP) is 0.824. The van der Waals surface area contributed by atoms with Gasteiger partial charge >= 0.3 is 12.0 Å². The standard InChI is InChI=1S/C12H16N6O3/c1-7(2)6-13-10-14-11(20-3)16-12(15-10)21-9-5-4-8(19)17-18-9/h4-5,7H,6H2,1-3H3,(H,17,19)(H,13,14,15,16). The largest absolute Gasteiger partial charge is 0.467 e. The van der Waals surface area contributed by atoms with E-state index in [1.165, 1.54) is 19.2 Å². The number of H-pyrrole nitrogens is 1. The van der Waals surface area contributed by atoms with Crippen molar-refractivity contribution in [3.8, 4) is 17.9 Å². The number of aromatic nitrogens is 5. The zero-order valence-corrected chi connectivity index (χ0v) is 12.0. The molecule has 0 aliphatic heterocycles. The summed E-state index contributed by atoms with van der Waals surface area (Å²) in [5.41, 5.74) is -0.324. The summed E-state index contributed by atoms with van der Waals surface area (Å²) >= 11 is 0. The lowest BCUT2D eigenvalue weighted by atomic mass is 10.2. The second-order valence-corrected chi connectivity index (χ2v) is 4.56. The van der Waals surface area contributed by atoms with Gasteiger partial charge in [0.15, 0.2) is 0 Å². The monoisotopic (exact) mass is 292 g/mol. The summed E-state index contributed by atoms with van der Waals surface area (Å²) < 4.78 is 10.4. The van der Waals surface area contributed by atoms with E-state index in [4.69, 9.17) is 9.47 Å². The van der Waals surface area contributed by atoms with Gasteiger partial charge in [-0.2, -0.15) is 9.97 Å². The summed E-state index contributed by atoms with van der Waals surface area (Å²) in [6.07, 6.45) is 0. The van der Waals surface area contributed by atoms with E-state index in [2.05, 4.69) is 44.3 Å². The molecule has 0 saturated carbocycles. The molecule has 0 spiro atoms. The van der Waals surface area contributed by atoms with E-state index < -0.39 is 0 Å². The number of nitrogens with one attached hydrogen (secondary N) is 2. The van der Waals surface area contributed by atoms with Crippen molar-refractivity contribution in [2.24, 2.45) is 5.92 Å². The zero-order chi connectivity index (χ0) is 15.2. The molecule has 0 aliphatic rings. The molecule has 2 rings (SSSR count). The van der Waals surface area contributed by atoms with Gasteiger partial charge in [-0.1, -0.05) is 13.8 Å². The molecule has 0 aliphatic carbocycles. The molecule has 0 fully saturated rings. The lowest BCUT2D eigenvalue weighted by Gasteiger charge is -2.09. The summed E-state index contributed by atoms with van der Waals surface area (Å²) in [5.74, 6) is 0.936. The Morgan fingerprint density at radius 1 is 1.24 bits per heavy atom. The molecule has 9 nitrogen and oxygen atoms in total. The van der Waals surface area contributed by atoms with Crippen molar-refractivity contribution in [1.82, 2.24) is 25.1 Å². The molecular weight excluding hydrogens is 276 g/mol. The van der Waals surface area contributed by atoms with Gasteiger partial charge in [0, 0.05) is 18.7 Å². The van der Waals surface area contributed by atoms with Gasteiger partial charge in [-0.3, -0.25) is 4.79 Å². The van der Waals surface area contributed by atoms with E-state index in [0.717, 1.165) is 0 Å². The van der Waals surface area contributed by atoms with Gasteiger partial charge in [-0.05, 0) is 5.92 Å². The topological polar surface area (TPSA) is 115 Å². The first kappa shape index (κ1) is 14.7. The highest BCUT2D eigenvalue weighted by molar-refractivity contribution is 5.28. The van der Waals surface area contributed by atoms with Crippen LogP contribution in [0.25, 0.3) is 0 Å². The van der Waals surface area contributed by atoms with Crippen molar-refractivity contribution in [3.05, 3.63) is 22.5 Å². The Kier molecular flexibility index (Phi) is 4.64. The first-order chi connectivity index (χ1) is 10.1. The minimum absolute atomic E-state index is 0.0210. The van der Waals surface area contributed by atoms with Crippen LogP contribution in [0.2, 0.25) is 0 Å². The van der Waals surface area contributed by atoms with Crippen molar-refractivity contribution in [1.29, 1.82) is 0 Å². The quantitative estimate of drug-likeness (QED) is 0.804.